The lowest BCUT2D eigenvalue weighted by molar-refractivity contribution is -0.113. The van der Waals surface area contributed by atoms with Gasteiger partial charge in [0.1, 0.15) is 0 Å². The van der Waals surface area contributed by atoms with Crippen LogP contribution in [0.5, 0.6) is 0 Å². The molecule has 0 radical (unpaired) electrons. The van der Waals surface area contributed by atoms with Crippen molar-refractivity contribution in [1.29, 1.82) is 0 Å². The number of carbonyl (C=O) groups is 1. The number of hydrogen-bond acceptors (Lipinski definition) is 4. The van der Waals surface area contributed by atoms with Crippen LogP contribution in [0.25, 0.3) is 0 Å². The van der Waals surface area contributed by atoms with E-state index in [2.05, 4.69) is 10.3 Å². The summed E-state index contributed by atoms with van der Waals surface area (Å²) in [6.45, 7) is 2.57. The largest absolute Gasteiger partial charge is 0.328 e. The van der Waals surface area contributed by atoms with Crippen molar-refractivity contribution in [2.24, 2.45) is 0 Å². The zero-order valence-electron chi connectivity index (χ0n) is 12.0. The molecule has 0 saturated heterocycles. The number of rotatable bonds is 5. The fourth-order valence-corrected chi connectivity index (χ4v) is 3.49. The normalized spacial score (nSPS) is 10.6. The van der Waals surface area contributed by atoms with Gasteiger partial charge in [0, 0.05) is 23.8 Å². The van der Waals surface area contributed by atoms with Crippen molar-refractivity contribution in [3.05, 3.63) is 49.8 Å². The van der Waals surface area contributed by atoms with E-state index in [1.165, 1.54) is 18.2 Å². The topological polar surface area (TPSA) is 64.0 Å². The number of nitrogens with zero attached hydrogens (tertiary/aromatic N) is 2. The van der Waals surface area contributed by atoms with Gasteiger partial charge in [-0.05, 0) is 19.1 Å². The predicted octanol–water partition coefficient (Wildman–Crippen LogP) is 3.95. The summed E-state index contributed by atoms with van der Waals surface area (Å²) in [6, 6.07) is 4.36. The zero-order valence-corrected chi connectivity index (χ0v) is 15.1. The Morgan fingerprint density at radius 1 is 1.30 bits per heavy atom. The number of hydrogen-bond donors (Lipinski definition) is 1. The number of anilines is 1. The second-order valence-electron chi connectivity index (χ2n) is 4.42. The molecule has 0 saturated carbocycles. The van der Waals surface area contributed by atoms with E-state index in [1.807, 2.05) is 6.92 Å². The lowest BCUT2D eigenvalue weighted by Gasteiger charge is -2.11. The average Bonchev–Trinajstić information content (AvgIpc) is 2.49. The Morgan fingerprint density at radius 2 is 1.96 bits per heavy atom. The first kappa shape index (κ1) is 18.1. The van der Waals surface area contributed by atoms with Gasteiger partial charge >= 0.3 is 0 Å². The third kappa shape index (κ3) is 4.88. The summed E-state index contributed by atoms with van der Waals surface area (Å²) in [4.78, 5) is 27.3. The molecule has 1 N–H and O–H groups in total. The first-order valence-electron chi connectivity index (χ1n) is 6.55. The summed E-state index contributed by atoms with van der Waals surface area (Å²) in [5.41, 5.74) is -0.0429. The van der Waals surface area contributed by atoms with Crippen molar-refractivity contribution in [1.82, 2.24) is 9.55 Å². The van der Waals surface area contributed by atoms with E-state index in [1.54, 1.807) is 10.8 Å². The number of halogens is 3. The lowest BCUT2D eigenvalue weighted by Crippen LogP contribution is -2.17. The molecule has 1 heterocycles. The van der Waals surface area contributed by atoms with E-state index in [0.29, 0.717) is 22.4 Å². The van der Waals surface area contributed by atoms with E-state index in [0.717, 1.165) is 11.8 Å². The average molecular weight is 393 g/mol. The van der Waals surface area contributed by atoms with Crippen molar-refractivity contribution < 1.29 is 4.79 Å². The van der Waals surface area contributed by atoms with Gasteiger partial charge in [0.25, 0.3) is 5.56 Å². The smallest absolute Gasteiger partial charge is 0.273 e. The Hall–Kier alpha value is -1.21. The number of aromatic nitrogens is 2. The van der Waals surface area contributed by atoms with Gasteiger partial charge in [-0.15, -0.1) is 0 Å². The molecule has 9 heteroatoms. The van der Waals surface area contributed by atoms with Crippen LogP contribution in [0.1, 0.15) is 6.92 Å². The molecule has 0 spiro atoms. The van der Waals surface area contributed by atoms with Gasteiger partial charge in [0.05, 0.1) is 21.5 Å². The standard InChI is InChI=1S/C14H12Cl3N3O2S/c1-2-20-4-3-11(21)19-14(20)23-7-12(22)18-13-9(16)5-8(15)6-10(13)17/h3-6H,2,7H2,1H3,(H,18,22). The molecule has 0 aliphatic heterocycles. The fourth-order valence-electron chi connectivity index (χ4n) is 1.74. The van der Waals surface area contributed by atoms with E-state index in [-0.39, 0.29) is 27.3 Å². The van der Waals surface area contributed by atoms with Crippen LogP contribution in [0.3, 0.4) is 0 Å². The van der Waals surface area contributed by atoms with Crippen molar-refractivity contribution in [2.45, 2.75) is 18.6 Å². The monoisotopic (exact) mass is 391 g/mol. The molecular formula is C14H12Cl3N3O2S. The summed E-state index contributed by atoms with van der Waals surface area (Å²) < 4.78 is 1.78. The van der Waals surface area contributed by atoms with E-state index >= 15 is 0 Å². The SMILES string of the molecule is CCn1ccc(=O)nc1SCC(=O)Nc1c(Cl)cc(Cl)cc1Cl. The minimum absolute atomic E-state index is 0.0612. The maximum Gasteiger partial charge on any atom is 0.273 e. The van der Waals surface area contributed by atoms with Gasteiger partial charge in [-0.1, -0.05) is 46.6 Å². The molecule has 122 valence electrons. The van der Waals surface area contributed by atoms with Gasteiger partial charge in [-0.2, -0.15) is 4.98 Å². The van der Waals surface area contributed by atoms with Crippen LogP contribution in [0.2, 0.25) is 15.1 Å². The summed E-state index contributed by atoms with van der Waals surface area (Å²) in [7, 11) is 0. The Kier molecular flexibility index (Phi) is 6.35. The lowest BCUT2D eigenvalue weighted by atomic mass is 10.3. The van der Waals surface area contributed by atoms with Gasteiger partial charge in [-0.25, -0.2) is 0 Å². The van der Waals surface area contributed by atoms with Gasteiger partial charge < -0.3 is 9.88 Å². The van der Waals surface area contributed by atoms with Crippen molar-refractivity contribution in [3.8, 4) is 0 Å². The summed E-state index contributed by atoms with van der Waals surface area (Å²) in [5.74, 6) is -0.256. The zero-order chi connectivity index (χ0) is 17.0. The maximum atomic E-state index is 12.1. The highest BCUT2D eigenvalue weighted by Gasteiger charge is 2.13. The molecule has 5 nitrogen and oxygen atoms in total. The van der Waals surface area contributed by atoms with Gasteiger partial charge in [0.2, 0.25) is 5.91 Å². The molecule has 0 fully saturated rings. The van der Waals surface area contributed by atoms with Crippen molar-refractivity contribution in [2.75, 3.05) is 11.1 Å². The van der Waals surface area contributed by atoms with Crippen molar-refractivity contribution >= 4 is 58.2 Å². The van der Waals surface area contributed by atoms with E-state index in [9.17, 15) is 9.59 Å². The number of nitrogens with one attached hydrogen (secondary N) is 1. The highest BCUT2D eigenvalue weighted by Crippen LogP contribution is 2.33. The van der Waals surface area contributed by atoms with Crippen LogP contribution in [0, 0.1) is 0 Å². The molecule has 2 aromatic rings. The summed E-state index contributed by atoms with van der Waals surface area (Å²) >= 11 is 19.0. The van der Waals surface area contributed by atoms with Crippen molar-refractivity contribution in [3.63, 3.8) is 0 Å². The minimum atomic E-state index is -0.346. The molecule has 1 aromatic heterocycles. The van der Waals surface area contributed by atoms with Crippen LogP contribution in [0.4, 0.5) is 5.69 Å². The van der Waals surface area contributed by atoms with Crippen LogP contribution in [-0.4, -0.2) is 21.2 Å². The van der Waals surface area contributed by atoms with E-state index in [4.69, 9.17) is 34.8 Å². The number of carbonyl (C=O) groups excluding carboxylic acids is 1. The summed E-state index contributed by atoms with van der Waals surface area (Å²) in [6.07, 6.45) is 1.64. The third-order valence-corrected chi connectivity index (χ3v) is 4.60. The summed E-state index contributed by atoms with van der Waals surface area (Å²) in [5, 5.41) is 4.00. The van der Waals surface area contributed by atoms with Gasteiger partial charge in [0.15, 0.2) is 5.16 Å². The highest BCUT2D eigenvalue weighted by atomic mass is 35.5. The van der Waals surface area contributed by atoms with Crippen LogP contribution in [0.15, 0.2) is 34.3 Å². The van der Waals surface area contributed by atoms with Crippen LogP contribution < -0.4 is 10.9 Å². The molecule has 0 aliphatic carbocycles. The molecule has 0 bridgehead atoms. The maximum absolute atomic E-state index is 12.1. The molecule has 23 heavy (non-hydrogen) atoms. The van der Waals surface area contributed by atoms with Crippen LogP contribution >= 0.6 is 46.6 Å². The van der Waals surface area contributed by atoms with Gasteiger partial charge in [-0.3, -0.25) is 9.59 Å². The molecule has 1 aromatic carbocycles. The van der Waals surface area contributed by atoms with Crippen LogP contribution in [-0.2, 0) is 11.3 Å². The Morgan fingerprint density at radius 3 is 2.57 bits per heavy atom. The fraction of sp³-hybridized carbons (Fsp3) is 0.214. The number of benzene rings is 1. The number of aryl methyl sites for hydroxylation is 1. The minimum Gasteiger partial charge on any atom is -0.328 e. The number of thioether (sulfide) groups is 1. The molecule has 1 amide bonds. The van der Waals surface area contributed by atoms with E-state index < -0.39 is 0 Å². The Labute approximate surface area is 152 Å². The first-order valence-corrected chi connectivity index (χ1v) is 8.67. The second kappa shape index (κ2) is 8.06. The molecular weight excluding hydrogens is 381 g/mol. The second-order valence-corrected chi connectivity index (χ2v) is 6.61. The first-order chi connectivity index (χ1) is 10.9. The predicted molar refractivity (Wildman–Crippen MR) is 95.0 cm³/mol. The molecule has 0 unspecified atom stereocenters. The molecule has 0 atom stereocenters. The molecule has 2 rings (SSSR count). The Bertz CT molecular complexity index is 772. The Balaban J connectivity index is 2.07. The third-order valence-electron chi connectivity index (χ3n) is 2.79. The quantitative estimate of drug-likeness (QED) is 0.618. The molecule has 0 aliphatic rings. The number of amides is 1. The highest BCUT2D eigenvalue weighted by molar-refractivity contribution is 7.99.